The maximum absolute atomic E-state index is 15.0. The monoisotopic (exact) mass is 429 g/mol. The van der Waals surface area contributed by atoms with Gasteiger partial charge in [0.05, 0.1) is 16.1 Å². The van der Waals surface area contributed by atoms with E-state index in [4.69, 9.17) is 0 Å². The molecule has 0 saturated carbocycles. The number of benzene rings is 2. The molecule has 0 bridgehead atoms. The number of phenols is 1. The Morgan fingerprint density at radius 3 is 2.67 bits per heavy atom. The Morgan fingerprint density at radius 1 is 1.10 bits per heavy atom. The fourth-order valence-electron chi connectivity index (χ4n) is 2.97. The lowest BCUT2D eigenvalue weighted by Gasteiger charge is -2.12. The summed E-state index contributed by atoms with van der Waals surface area (Å²) in [5.74, 6) is -3.78. The molecule has 0 saturated heterocycles. The highest BCUT2D eigenvalue weighted by molar-refractivity contribution is 7.92. The van der Waals surface area contributed by atoms with Gasteiger partial charge in [0.25, 0.3) is 10.0 Å². The maximum atomic E-state index is 15.0. The molecule has 30 heavy (non-hydrogen) atoms. The summed E-state index contributed by atoms with van der Waals surface area (Å²) in [4.78, 5) is 19.3. The van der Waals surface area contributed by atoms with Gasteiger partial charge in [0.2, 0.25) is 5.78 Å². The summed E-state index contributed by atoms with van der Waals surface area (Å²) in [7, 11) is -4.30. The number of carbonyl (C=O) groups excluding carboxylic acids is 1. The Bertz CT molecular complexity index is 1400. The number of rotatable bonds is 5. The van der Waals surface area contributed by atoms with Gasteiger partial charge in [-0.25, -0.2) is 22.2 Å². The number of pyridine rings is 1. The molecule has 0 aliphatic heterocycles. The molecule has 0 spiro atoms. The average molecular weight is 429 g/mol. The summed E-state index contributed by atoms with van der Waals surface area (Å²) in [6.45, 7) is 0. The van der Waals surface area contributed by atoms with E-state index in [-0.39, 0.29) is 16.2 Å². The molecule has 0 aliphatic rings. The number of hydrogen-bond donors (Lipinski definition) is 3. The Kier molecular flexibility index (Phi) is 4.70. The van der Waals surface area contributed by atoms with Crippen molar-refractivity contribution in [1.82, 2.24) is 9.97 Å². The van der Waals surface area contributed by atoms with Crippen molar-refractivity contribution in [3.63, 3.8) is 0 Å². The molecule has 0 aliphatic carbocycles. The minimum absolute atomic E-state index is 0.0103. The van der Waals surface area contributed by atoms with Crippen LogP contribution >= 0.6 is 0 Å². The molecule has 0 amide bonds. The van der Waals surface area contributed by atoms with Crippen LogP contribution in [0.15, 0.2) is 65.8 Å². The van der Waals surface area contributed by atoms with Gasteiger partial charge in [-0.3, -0.25) is 9.52 Å². The van der Waals surface area contributed by atoms with Gasteiger partial charge in [-0.1, -0.05) is 6.07 Å². The molecule has 0 radical (unpaired) electrons. The van der Waals surface area contributed by atoms with E-state index in [0.717, 1.165) is 18.2 Å². The summed E-state index contributed by atoms with van der Waals surface area (Å²) >= 11 is 0. The summed E-state index contributed by atoms with van der Waals surface area (Å²) in [6.07, 6.45) is 2.77. The highest BCUT2D eigenvalue weighted by Gasteiger charge is 2.26. The van der Waals surface area contributed by atoms with Crippen LogP contribution in [-0.2, 0) is 10.0 Å². The van der Waals surface area contributed by atoms with Crippen LogP contribution in [0.25, 0.3) is 11.0 Å². The molecule has 2 heterocycles. The van der Waals surface area contributed by atoms with E-state index >= 15 is 4.39 Å². The van der Waals surface area contributed by atoms with Crippen molar-refractivity contribution in [3.05, 3.63) is 83.7 Å². The Labute approximate surface area is 169 Å². The number of carbonyl (C=O) groups is 1. The number of fused-ring (bicyclic) bond motifs is 1. The topological polar surface area (TPSA) is 112 Å². The number of aromatic hydroxyl groups is 1. The van der Waals surface area contributed by atoms with E-state index in [1.165, 1.54) is 30.6 Å². The quantitative estimate of drug-likeness (QED) is 0.420. The molecule has 4 aromatic rings. The molecule has 0 atom stereocenters. The Morgan fingerprint density at radius 2 is 1.90 bits per heavy atom. The first-order chi connectivity index (χ1) is 14.3. The zero-order chi connectivity index (χ0) is 21.5. The summed E-state index contributed by atoms with van der Waals surface area (Å²) in [6, 6.07) is 9.52. The fraction of sp³-hybridized carbons (Fsp3) is 0. The molecule has 7 nitrogen and oxygen atoms in total. The van der Waals surface area contributed by atoms with Crippen LogP contribution in [0.2, 0.25) is 0 Å². The zero-order valence-corrected chi connectivity index (χ0v) is 15.9. The minimum Gasteiger partial charge on any atom is -0.508 e. The Hall–Kier alpha value is -3.79. The molecule has 2 aromatic carbocycles. The number of phenolic OH excluding ortho intramolecular Hbond substituents is 1. The van der Waals surface area contributed by atoms with Crippen molar-refractivity contribution < 1.29 is 27.1 Å². The van der Waals surface area contributed by atoms with Crippen LogP contribution in [0.3, 0.4) is 0 Å². The van der Waals surface area contributed by atoms with Gasteiger partial charge in [-0.15, -0.1) is 0 Å². The normalized spacial score (nSPS) is 11.5. The van der Waals surface area contributed by atoms with Crippen LogP contribution in [0.5, 0.6) is 5.75 Å². The molecular weight excluding hydrogens is 416 g/mol. The lowest BCUT2D eigenvalue weighted by Crippen LogP contribution is -2.16. The summed E-state index contributed by atoms with van der Waals surface area (Å²) < 4.78 is 56.4. The van der Waals surface area contributed by atoms with Crippen LogP contribution in [0.1, 0.15) is 15.9 Å². The van der Waals surface area contributed by atoms with Gasteiger partial charge in [-0.05, 0) is 36.4 Å². The molecule has 152 valence electrons. The van der Waals surface area contributed by atoms with Crippen LogP contribution < -0.4 is 4.72 Å². The Balaban J connectivity index is 1.76. The lowest BCUT2D eigenvalue weighted by atomic mass is 10.0. The van der Waals surface area contributed by atoms with Gasteiger partial charge in [-0.2, -0.15) is 0 Å². The largest absolute Gasteiger partial charge is 0.508 e. The van der Waals surface area contributed by atoms with Crippen molar-refractivity contribution in [2.24, 2.45) is 0 Å². The molecule has 10 heteroatoms. The van der Waals surface area contributed by atoms with Crippen LogP contribution in [0, 0.1) is 11.6 Å². The number of aromatic amines is 1. The number of nitrogens with zero attached hydrogens (tertiary/aromatic N) is 1. The van der Waals surface area contributed by atoms with Crippen molar-refractivity contribution >= 4 is 32.5 Å². The summed E-state index contributed by atoms with van der Waals surface area (Å²) in [5, 5.41) is 9.84. The van der Waals surface area contributed by atoms with Crippen molar-refractivity contribution in [2.45, 2.75) is 4.90 Å². The van der Waals surface area contributed by atoms with Crippen molar-refractivity contribution in [2.75, 3.05) is 4.72 Å². The number of H-pyrrole nitrogens is 1. The second-order valence-corrected chi connectivity index (χ2v) is 8.00. The van der Waals surface area contributed by atoms with Gasteiger partial charge >= 0.3 is 0 Å². The molecule has 0 fully saturated rings. The average Bonchev–Trinajstić information content (AvgIpc) is 3.14. The number of hydrogen-bond acceptors (Lipinski definition) is 5. The van der Waals surface area contributed by atoms with Crippen molar-refractivity contribution in [3.8, 4) is 5.75 Å². The van der Waals surface area contributed by atoms with Gasteiger partial charge in [0.1, 0.15) is 17.2 Å². The number of halogens is 2. The highest BCUT2D eigenvalue weighted by Crippen LogP contribution is 2.28. The first-order valence-corrected chi connectivity index (χ1v) is 10.0. The maximum Gasteiger partial charge on any atom is 0.262 e. The van der Waals surface area contributed by atoms with Gasteiger partial charge in [0.15, 0.2) is 5.82 Å². The second kappa shape index (κ2) is 7.23. The van der Waals surface area contributed by atoms with Crippen LogP contribution in [-0.4, -0.2) is 29.3 Å². The van der Waals surface area contributed by atoms with E-state index in [9.17, 15) is 22.7 Å². The van der Waals surface area contributed by atoms with Gasteiger partial charge < -0.3 is 10.1 Å². The third-order valence-electron chi connectivity index (χ3n) is 4.39. The predicted molar refractivity (Wildman–Crippen MR) is 105 cm³/mol. The number of ketones is 1. The molecular formula is C20H13F2N3O4S. The van der Waals surface area contributed by atoms with E-state index in [0.29, 0.717) is 11.0 Å². The smallest absolute Gasteiger partial charge is 0.262 e. The predicted octanol–water partition coefficient (Wildman–Crippen LogP) is 3.58. The first kappa shape index (κ1) is 19.5. The molecule has 3 N–H and O–H groups in total. The van der Waals surface area contributed by atoms with Crippen molar-refractivity contribution in [1.29, 1.82) is 0 Å². The van der Waals surface area contributed by atoms with E-state index in [2.05, 4.69) is 9.97 Å². The van der Waals surface area contributed by atoms with E-state index in [1.807, 2.05) is 4.72 Å². The molecule has 0 unspecified atom stereocenters. The minimum atomic E-state index is -4.30. The van der Waals surface area contributed by atoms with Gasteiger partial charge in [0, 0.05) is 29.4 Å². The summed E-state index contributed by atoms with van der Waals surface area (Å²) in [5.41, 5.74) is -1.16. The first-order valence-electron chi connectivity index (χ1n) is 8.54. The number of aromatic nitrogens is 2. The third-order valence-corrected chi connectivity index (χ3v) is 5.75. The molecule has 2 aromatic heterocycles. The lowest BCUT2D eigenvalue weighted by molar-refractivity contribution is 0.103. The SMILES string of the molecule is O=C(c1c(F)ccc(NS(=O)(=O)c2cccc(O)c2)c1F)c1c[nH]c2ncccc12. The van der Waals surface area contributed by atoms with Crippen LogP contribution in [0.4, 0.5) is 14.5 Å². The standard InChI is InChI=1S/C20H13F2N3O4S/c21-15-6-7-16(25-30(28,29)12-4-1-3-11(26)9-12)18(22)17(15)19(27)14-10-24-20-13(14)5-2-8-23-20/h1-10,25-26H,(H,23,24). The van der Waals surface area contributed by atoms with E-state index in [1.54, 1.807) is 12.1 Å². The zero-order valence-electron chi connectivity index (χ0n) is 15.1. The second-order valence-electron chi connectivity index (χ2n) is 6.32. The number of sulfonamides is 1. The highest BCUT2D eigenvalue weighted by atomic mass is 32.2. The number of anilines is 1. The van der Waals surface area contributed by atoms with E-state index < -0.39 is 38.7 Å². The number of nitrogens with one attached hydrogen (secondary N) is 2. The third kappa shape index (κ3) is 3.37. The fourth-order valence-corrected chi connectivity index (χ4v) is 4.07. The molecule has 4 rings (SSSR count).